The molecule has 3 aromatic rings. The van der Waals surface area contributed by atoms with Crippen LogP contribution in [0.5, 0.6) is 5.75 Å². The second-order valence-electron chi connectivity index (χ2n) is 4.83. The van der Waals surface area contributed by atoms with Crippen LogP contribution in [0.4, 0.5) is 4.39 Å². The molecule has 0 saturated heterocycles. The van der Waals surface area contributed by atoms with Gasteiger partial charge in [0.25, 0.3) is 0 Å². The van der Waals surface area contributed by atoms with Crippen LogP contribution >= 0.6 is 0 Å². The van der Waals surface area contributed by atoms with E-state index < -0.39 is 11.9 Å². The first-order valence-corrected chi connectivity index (χ1v) is 6.70. The van der Waals surface area contributed by atoms with E-state index in [1.54, 1.807) is 12.1 Å². The molecule has 1 unspecified atom stereocenters. The Morgan fingerprint density at radius 2 is 1.57 bits per heavy atom. The van der Waals surface area contributed by atoms with E-state index in [1.807, 2.05) is 42.5 Å². The molecule has 0 heterocycles. The molecule has 0 amide bonds. The zero-order valence-electron chi connectivity index (χ0n) is 11.6. The maximum Gasteiger partial charge on any atom is 0.171 e. The summed E-state index contributed by atoms with van der Waals surface area (Å²) in [6.07, 6.45) is -1.04. The van der Waals surface area contributed by atoms with Gasteiger partial charge in [0.05, 0.1) is 7.11 Å². The molecule has 0 aromatic heterocycles. The molecule has 0 saturated carbocycles. The van der Waals surface area contributed by atoms with Crippen molar-refractivity contribution in [3.05, 3.63) is 77.6 Å². The Morgan fingerprint density at radius 3 is 2.38 bits per heavy atom. The number of hydrogen-bond donors (Lipinski definition) is 1. The minimum Gasteiger partial charge on any atom is -0.494 e. The van der Waals surface area contributed by atoms with Gasteiger partial charge in [0.15, 0.2) is 11.6 Å². The van der Waals surface area contributed by atoms with Gasteiger partial charge in [-0.05, 0) is 22.4 Å². The van der Waals surface area contributed by atoms with Gasteiger partial charge in [-0.3, -0.25) is 0 Å². The third-order valence-corrected chi connectivity index (χ3v) is 3.63. The summed E-state index contributed by atoms with van der Waals surface area (Å²) in [5, 5.41) is 12.5. The Kier molecular flexibility index (Phi) is 3.59. The first-order chi connectivity index (χ1) is 10.2. The molecule has 106 valence electrons. The molecule has 0 spiro atoms. The molecule has 1 atom stereocenters. The molecule has 0 aliphatic heterocycles. The Balaban J connectivity index is 2.15. The summed E-state index contributed by atoms with van der Waals surface area (Å²) in [4.78, 5) is 0. The molecular formula is C18H15FO2. The average molecular weight is 282 g/mol. The standard InChI is InChI=1S/C18H15FO2/c1-21-16-11-5-10-15(17(16)19)18(20)14-9-4-7-12-6-2-3-8-13(12)14/h2-11,18,20H,1H3. The molecule has 0 aliphatic rings. The number of aliphatic hydroxyl groups excluding tert-OH is 1. The minimum atomic E-state index is -1.04. The first-order valence-electron chi connectivity index (χ1n) is 6.70. The summed E-state index contributed by atoms with van der Waals surface area (Å²) in [6.45, 7) is 0. The lowest BCUT2D eigenvalue weighted by atomic mass is 9.95. The van der Waals surface area contributed by atoms with E-state index in [0.29, 0.717) is 5.56 Å². The van der Waals surface area contributed by atoms with Crippen molar-refractivity contribution in [1.29, 1.82) is 0 Å². The molecule has 3 rings (SSSR count). The van der Waals surface area contributed by atoms with Crippen molar-refractivity contribution in [3.8, 4) is 5.75 Å². The van der Waals surface area contributed by atoms with Crippen molar-refractivity contribution < 1.29 is 14.2 Å². The second-order valence-corrected chi connectivity index (χ2v) is 4.83. The summed E-state index contributed by atoms with van der Waals surface area (Å²) >= 11 is 0. The van der Waals surface area contributed by atoms with Crippen LogP contribution in [0.2, 0.25) is 0 Å². The molecule has 0 radical (unpaired) electrons. The number of methoxy groups -OCH3 is 1. The summed E-state index contributed by atoms with van der Waals surface area (Å²) in [5.41, 5.74) is 0.894. The minimum absolute atomic E-state index is 0.131. The predicted molar refractivity (Wildman–Crippen MR) is 81.0 cm³/mol. The SMILES string of the molecule is COc1cccc(C(O)c2cccc3ccccc23)c1F. The van der Waals surface area contributed by atoms with Crippen LogP contribution in [-0.2, 0) is 0 Å². The quantitative estimate of drug-likeness (QED) is 0.784. The molecule has 2 nitrogen and oxygen atoms in total. The topological polar surface area (TPSA) is 29.5 Å². The normalized spacial score (nSPS) is 12.3. The van der Waals surface area contributed by atoms with Gasteiger partial charge < -0.3 is 9.84 Å². The third-order valence-electron chi connectivity index (χ3n) is 3.63. The van der Waals surface area contributed by atoms with Crippen molar-refractivity contribution in [2.75, 3.05) is 7.11 Å². The Morgan fingerprint density at radius 1 is 0.905 bits per heavy atom. The molecule has 21 heavy (non-hydrogen) atoms. The number of rotatable bonds is 3. The van der Waals surface area contributed by atoms with Gasteiger partial charge in [-0.2, -0.15) is 0 Å². The highest BCUT2D eigenvalue weighted by atomic mass is 19.1. The lowest BCUT2D eigenvalue weighted by molar-refractivity contribution is 0.215. The molecule has 0 bridgehead atoms. The van der Waals surface area contributed by atoms with Gasteiger partial charge in [0.1, 0.15) is 6.10 Å². The Bertz CT molecular complexity index is 778. The average Bonchev–Trinajstić information content (AvgIpc) is 2.54. The molecule has 3 heteroatoms. The van der Waals surface area contributed by atoms with E-state index in [1.165, 1.54) is 13.2 Å². The van der Waals surface area contributed by atoms with Crippen molar-refractivity contribution in [2.45, 2.75) is 6.10 Å². The van der Waals surface area contributed by atoms with Crippen molar-refractivity contribution in [1.82, 2.24) is 0 Å². The summed E-state index contributed by atoms with van der Waals surface area (Å²) in [6, 6.07) is 18.1. The highest BCUT2D eigenvalue weighted by Crippen LogP contribution is 2.32. The summed E-state index contributed by atoms with van der Waals surface area (Å²) in [5.74, 6) is -0.396. The van der Waals surface area contributed by atoms with Crippen molar-refractivity contribution in [3.63, 3.8) is 0 Å². The van der Waals surface area contributed by atoms with Crippen LogP contribution in [0.15, 0.2) is 60.7 Å². The number of hydrogen-bond acceptors (Lipinski definition) is 2. The fourth-order valence-corrected chi connectivity index (χ4v) is 2.55. The van der Waals surface area contributed by atoms with Crippen LogP contribution in [0, 0.1) is 5.82 Å². The van der Waals surface area contributed by atoms with E-state index in [0.717, 1.165) is 10.8 Å². The van der Waals surface area contributed by atoms with Gasteiger partial charge in [-0.25, -0.2) is 4.39 Å². The molecule has 3 aromatic carbocycles. The van der Waals surface area contributed by atoms with E-state index in [2.05, 4.69) is 0 Å². The number of aliphatic hydroxyl groups is 1. The van der Waals surface area contributed by atoms with Gasteiger partial charge in [0, 0.05) is 5.56 Å². The summed E-state index contributed by atoms with van der Waals surface area (Å²) < 4.78 is 19.3. The Labute approximate surface area is 122 Å². The van der Waals surface area contributed by atoms with Gasteiger partial charge in [0.2, 0.25) is 0 Å². The van der Waals surface area contributed by atoms with E-state index in [-0.39, 0.29) is 11.3 Å². The highest BCUT2D eigenvalue weighted by Gasteiger charge is 2.19. The smallest absolute Gasteiger partial charge is 0.171 e. The van der Waals surface area contributed by atoms with Gasteiger partial charge in [-0.1, -0.05) is 54.6 Å². The molecule has 0 fully saturated rings. The van der Waals surface area contributed by atoms with Crippen LogP contribution in [0.1, 0.15) is 17.2 Å². The molecule has 0 aliphatic carbocycles. The number of benzene rings is 3. The van der Waals surface area contributed by atoms with Crippen molar-refractivity contribution in [2.24, 2.45) is 0 Å². The zero-order chi connectivity index (χ0) is 14.8. The predicted octanol–water partition coefficient (Wildman–Crippen LogP) is 4.07. The maximum atomic E-state index is 14.3. The third kappa shape index (κ3) is 2.36. The number of ether oxygens (including phenoxy) is 1. The lowest BCUT2D eigenvalue weighted by Crippen LogP contribution is -2.04. The number of halogens is 1. The van der Waals surface area contributed by atoms with Crippen molar-refractivity contribution >= 4 is 10.8 Å². The lowest BCUT2D eigenvalue weighted by Gasteiger charge is -2.16. The van der Waals surface area contributed by atoms with Crippen LogP contribution < -0.4 is 4.74 Å². The second kappa shape index (κ2) is 5.54. The van der Waals surface area contributed by atoms with Crippen LogP contribution in [-0.4, -0.2) is 12.2 Å². The Hall–Kier alpha value is -2.39. The fraction of sp³-hybridized carbons (Fsp3) is 0.111. The first kappa shape index (κ1) is 13.6. The zero-order valence-corrected chi connectivity index (χ0v) is 11.6. The van der Waals surface area contributed by atoms with Crippen LogP contribution in [0.3, 0.4) is 0 Å². The highest BCUT2D eigenvalue weighted by molar-refractivity contribution is 5.86. The number of fused-ring (bicyclic) bond motifs is 1. The molecular weight excluding hydrogens is 267 g/mol. The maximum absolute atomic E-state index is 14.3. The fourth-order valence-electron chi connectivity index (χ4n) is 2.55. The van der Waals surface area contributed by atoms with Gasteiger partial charge >= 0.3 is 0 Å². The van der Waals surface area contributed by atoms with E-state index >= 15 is 0 Å². The van der Waals surface area contributed by atoms with Gasteiger partial charge in [-0.15, -0.1) is 0 Å². The summed E-state index contributed by atoms with van der Waals surface area (Å²) in [7, 11) is 1.41. The van der Waals surface area contributed by atoms with E-state index in [9.17, 15) is 9.50 Å². The van der Waals surface area contributed by atoms with E-state index in [4.69, 9.17) is 4.74 Å². The van der Waals surface area contributed by atoms with Crippen LogP contribution in [0.25, 0.3) is 10.8 Å². The monoisotopic (exact) mass is 282 g/mol. The largest absolute Gasteiger partial charge is 0.494 e. The molecule has 1 N–H and O–H groups in total.